The number of nitrogens with zero attached hydrogens (tertiary/aromatic N) is 2. The minimum absolute atomic E-state index is 0.233. The van der Waals surface area contributed by atoms with Crippen molar-refractivity contribution < 1.29 is 9.53 Å². The van der Waals surface area contributed by atoms with Crippen LogP contribution in [0.25, 0.3) is 0 Å². The molecule has 0 aromatic carbocycles. The zero-order valence-electron chi connectivity index (χ0n) is 7.07. The lowest BCUT2D eigenvalue weighted by Crippen LogP contribution is -2.05. The molecule has 64 valence electrons. The van der Waals surface area contributed by atoms with Crippen LogP contribution in [0.3, 0.4) is 0 Å². The topological polar surface area (TPSA) is 52.1 Å². The minimum atomic E-state index is -0.276. The molecule has 1 rings (SSSR count). The van der Waals surface area contributed by atoms with Gasteiger partial charge in [-0.05, 0) is 12.5 Å². The molecule has 0 radical (unpaired) electrons. The third-order valence-corrected chi connectivity index (χ3v) is 1.41. The zero-order valence-corrected chi connectivity index (χ0v) is 7.07. The van der Waals surface area contributed by atoms with Gasteiger partial charge in [0, 0.05) is 12.4 Å². The lowest BCUT2D eigenvalue weighted by Gasteiger charge is -1.98. The van der Waals surface area contributed by atoms with Gasteiger partial charge >= 0.3 is 5.97 Å². The Morgan fingerprint density at radius 3 is 2.58 bits per heavy atom. The summed E-state index contributed by atoms with van der Waals surface area (Å²) in [4.78, 5) is 18.7. The van der Waals surface area contributed by atoms with E-state index in [-0.39, 0.29) is 12.4 Å². The van der Waals surface area contributed by atoms with Crippen LogP contribution >= 0.6 is 0 Å². The first-order valence-electron chi connectivity index (χ1n) is 3.56. The Hall–Kier alpha value is -1.45. The molecule has 0 unspecified atom stereocenters. The second-order valence-electron chi connectivity index (χ2n) is 2.39. The predicted molar refractivity (Wildman–Crippen MR) is 42.5 cm³/mol. The van der Waals surface area contributed by atoms with Gasteiger partial charge in [0.25, 0.3) is 0 Å². The summed E-state index contributed by atoms with van der Waals surface area (Å²) < 4.78 is 4.49. The number of hydrogen-bond acceptors (Lipinski definition) is 4. The van der Waals surface area contributed by atoms with Gasteiger partial charge in [0.1, 0.15) is 5.82 Å². The second-order valence-corrected chi connectivity index (χ2v) is 2.39. The Morgan fingerprint density at radius 1 is 1.50 bits per heavy atom. The first-order chi connectivity index (χ1) is 5.72. The maximum Gasteiger partial charge on any atom is 0.310 e. The molecule has 0 aliphatic heterocycles. The SMILES string of the molecule is COC(=O)Cc1cnc(C)nc1. The van der Waals surface area contributed by atoms with Crippen molar-refractivity contribution in [3.05, 3.63) is 23.8 Å². The fourth-order valence-electron chi connectivity index (χ4n) is 0.749. The third-order valence-electron chi connectivity index (χ3n) is 1.41. The highest BCUT2D eigenvalue weighted by atomic mass is 16.5. The van der Waals surface area contributed by atoms with Crippen LogP contribution in [0.5, 0.6) is 0 Å². The molecule has 0 amide bonds. The average molecular weight is 166 g/mol. The standard InChI is InChI=1S/C8H10N2O2/c1-6-9-4-7(5-10-6)3-8(11)12-2/h4-5H,3H2,1-2H3. The van der Waals surface area contributed by atoms with Gasteiger partial charge < -0.3 is 4.74 Å². The molecule has 1 aromatic rings. The first-order valence-corrected chi connectivity index (χ1v) is 3.56. The molecule has 1 heterocycles. The fraction of sp³-hybridized carbons (Fsp3) is 0.375. The normalized spacial score (nSPS) is 9.50. The van der Waals surface area contributed by atoms with E-state index in [0.29, 0.717) is 5.82 Å². The lowest BCUT2D eigenvalue weighted by atomic mass is 10.2. The Balaban J connectivity index is 2.64. The summed E-state index contributed by atoms with van der Waals surface area (Å²) in [6, 6.07) is 0. The largest absolute Gasteiger partial charge is 0.469 e. The number of aryl methyl sites for hydroxylation is 1. The molecular formula is C8H10N2O2. The lowest BCUT2D eigenvalue weighted by molar-refractivity contribution is -0.139. The predicted octanol–water partition coefficient (Wildman–Crippen LogP) is 0.501. The van der Waals surface area contributed by atoms with Crippen LogP contribution in [0, 0.1) is 6.92 Å². The molecule has 0 bridgehead atoms. The Labute approximate surface area is 70.6 Å². The highest BCUT2D eigenvalue weighted by molar-refractivity contribution is 5.72. The number of rotatable bonds is 2. The van der Waals surface area contributed by atoms with Gasteiger partial charge in [0.15, 0.2) is 0 Å². The van der Waals surface area contributed by atoms with E-state index in [9.17, 15) is 4.79 Å². The van der Waals surface area contributed by atoms with Crippen LogP contribution in [0.1, 0.15) is 11.4 Å². The van der Waals surface area contributed by atoms with Crippen LogP contribution in [0.2, 0.25) is 0 Å². The van der Waals surface area contributed by atoms with Crippen molar-refractivity contribution in [1.29, 1.82) is 0 Å². The number of carbonyl (C=O) groups excluding carboxylic acids is 1. The number of ether oxygens (including phenoxy) is 1. The van der Waals surface area contributed by atoms with E-state index in [0.717, 1.165) is 5.56 Å². The van der Waals surface area contributed by atoms with Crippen molar-refractivity contribution in [2.45, 2.75) is 13.3 Å². The quantitative estimate of drug-likeness (QED) is 0.600. The molecule has 0 atom stereocenters. The average Bonchev–Trinajstić information content (AvgIpc) is 2.09. The van der Waals surface area contributed by atoms with Crippen molar-refractivity contribution >= 4 is 5.97 Å². The summed E-state index contributed by atoms with van der Waals surface area (Å²) in [7, 11) is 1.36. The molecule has 1 aromatic heterocycles. The van der Waals surface area contributed by atoms with Crippen molar-refractivity contribution in [3.63, 3.8) is 0 Å². The molecular weight excluding hydrogens is 156 g/mol. The van der Waals surface area contributed by atoms with Gasteiger partial charge in [-0.3, -0.25) is 4.79 Å². The zero-order chi connectivity index (χ0) is 8.97. The maximum absolute atomic E-state index is 10.8. The molecule has 4 nitrogen and oxygen atoms in total. The number of carbonyl (C=O) groups is 1. The Morgan fingerprint density at radius 2 is 2.08 bits per heavy atom. The van der Waals surface area contributed by atoms with E-state index < -0.39 is 0 Å². The molecule has 0 aliphatic rings. The number of methoxy groups -OCH3 is 1. The van der Waals surface area contributed by atoms with Gasteiger partial charge in [-0.25, -0.2) is 9.97 Å². The Kier molecular flexibility index (Phi) is 2.74. The van der Waals surface area contributed by atoms with Crippen LogP contribution in [-0.2, 0) is 16.0 Å². The van der Waals surface area contributed by atoms with Crippen LogP contribution in [0.4, 0.5) is 0 Å². The van der Waals surface area contributed by atoms with E-state index in [1.54, 1.807) is 19.3 Å². The minimum Gasteiger partial charge on any atom is -0.469 e. The fourth-order valence-corrected chi connectivity index (χ4v) is 0.749. The molecule has 4 heteroatoms. The van der Waals surface area contributed by atoms with E-state index in [2.05, 4.69) is 14.7 Å². The highest BCUT2D eigenvalue weighted by Gasteiger charge is 2.02. The summed E-state index contributed by atoms with van der Waals surface area (Å²) in [5, 5.41) is 0. The van der Waals surface area contributed by atoms with E-state index in [4.69, 9.17) is 0 Å². The maximum atomic E-state index is 10.8. The Bertz CT molecular complexity index is 269. The molecule has 0 spiro atoms. The molecule has 0 N–H and O–H groups in total. The van der Waals surface area contributed by atoms with Crippen LogP contribution in [-0.4, -0.2) is 23.0 Å². The summed E-state index contributed by atoms with van der Waals surface area (Å²) >= 11 is 0. The van der Waals surface area contributed by atoms with Gasteiger partial charge in [-0.1, -0.05) is 0 Å². The molecule has 0 saturated heterocycles. The van der Waals surface area contributed by atoms with Gasteiger partial charge in [-0.2, -0.15) is 0 Å². The second kappa shape index (κ2) is 3.80. The van der Waals surface area contributed by atoms with Crippen molar-refractivity contribution in [1.82, 2.24) is 9.97 Å². The van der Waals surface area contributed by atoms with Crippen LogP contribution in [0.15, 0.2) is 12.4 Å². The smallest absolute Gasteiger partial charge is 0.310 e. The van der Waals surface area contributed by atoms with Gasteiger partial charge in [0.05, 0.1) is 13.5 Å². The summed E-state index contributed by atoms with van der Waals surface area (Å²) in [5.74, 6) is 0.422. The molecule has 0 fully saturated rings. The van der Waals surface area contributed by atoms with E-state index >= 15 is 0 Å². The first kappa shape index (κ1) is 8.64. The molecule has 12 heavy (non-hydrogen) atoms. The summed E-state index contributed by atoms with van der Waals surface area (Å²) in [5.41, 5.74) is 0.771. The summed E-state index contributed by atoms with van der Waals surface area (Å²) in [6.45, 7) is 1.79. The van der Waals surface area contributed by atoms with Crippen molar-refractivity contribution in [3.8, 4) is 0 Å². The van der Waals surface area contributed by atoms with E-state index in [1.165, 1.54) is 7.11 Å². The van der Waals surface area contributed by atoms with Crippen molar-refractivity contribution in [2.24, 2.45) is 0 Å². The van der Waals surface area contributed by atoms with Gasteiger partial charge in [0.2, 0.25) is 0 Å². The van der Waals surface area contributed by atoms with Gasteiger partial charge in [-0.15, -0.1) is 0 Å². The third kappa shape index (κ3) is 2.30. The summed E-state index contributed by atoms with van der Waals surface area (Å²) in [6.07, 6.45) is 3.48. The highest BCUT2D eigenvalue weighted by Crippen LogP contribution is 1.97. The van der Waals surface area contributed by atoms with E-state index in [1.807, 2.05) is 0 Å². The molecule has 0 aliphatic carbocycles. The monoisotopic (exact) mass is 166 g/mol. The number of aromatic nitrogens is 2. The number of esters is 1. The number of hydrogen-bond donors (Lipinski definition) is 0. The van der Waals surface area contributed by atoms with Crippen molar-refractivity contribution in [2.75, 3.05) is 7.11 Å². The molecule has 0 saturated carbocycles. The van der Waals surface area contributed by atoms with Crippen LogP contribution < -0.4 is 0 Å².